The van der Waals surface area contributed by atoms with Crippen molar-refractivity contribution in [3.63, 3.8) is 0 Å². The number of hydrogen-bond acceptors (Lipinski definition) is 2. The number of anilines is 1. The van der Waals surface area contributed by atoms with Gasteiger partial charge in [-0.05, 0) is 31.2 Å². The van der Waals surface area contributed by atoms with E-state index in [-0.39, 0.29) is 12.0 Å². The molecule has 4 nitrogen and oxygen atoms in total. The maximum atomic E-state index is 12.7. The van der Waals surface area contributed by atoms with Crippen LogP contribution < -0.4 is 16.4 Å². The number of aliphatic imine (C=N–C) groups is 1. The van der Waals surface area contributed by atoms with Crippen LogP contribution in [0.2, 0.25) is 0 Å². The molecule has 0 heterocycles. The SMILES string of the molecule is CC(N)N=C(N)N(C)c1ccc(F)cc1. The third kappa shape index (κ3) is 3.21. The second kappa shape index (κ2) is 4.75. The van der Waals surface area contributed by atoms with E-state index in [2.05, 4.69) is 4.99 Å². The summed E-state index contributed by atoms with van der Waals surface area (Å²) in [5.74, 6) is 0.0199. The highest BCUT2D eigenvalue weighted by Gasteiger charge is 2.05. The van der Waals surface area contributed by atoms with Crippen molar-refractivity contribution < 1.29 is 4.39 Å². The molecule has 0 saturated carbocycles. The summed E-state index contributed by atoms with van der Waals surface area (Å²) in [6.45, 7) is 1.73. The van der Waals surface area contributed by atoms with E-state index in [1.807, 2.05) is 0 Å². The molecule has 1 unspecified atom stereocenters. The van der Waals surface area contributed by atoms with Crippen LogP contribution in [0.15, 0.2) is 29.3 Å². The van der Waals surface area contributed by atoms with Gasteiger partial charge in [0.05, 0.1) is 6.17 Å². The molecule has 0 aliphatic heterocycles. The Morgan fingerprint density at radius 2 is 1.93 bits per heavy atom. The number of guanidine groups is 1. The molecule has 1 rings (SSSR count). The summed E-state index contributed by atoms with van der Waals surface area (Å²) in [4.78, 5) is 5.62. The lowest BCUT2D eigenvalue weighted by atomic mass is 10.3. The zero-order valence-electron chi connectivity index (χ0n) is 8.81. The lowest BCUT2D eigenvalue weighted by molar-refractivity contribution is 0.628. The number of halogens is 1. The van der Waals surface area contributed by atoms with Crippen molar-refractivity contribution in [2.24, 2.45) is 16.5 Å². The molecule has 0 aliphatic carbocycles. The Labute approximate surface area is 88.4 Å². The Morgan fingerprint density at radius 1 is 1.40 bits per heavy atom. The van der Waals surface area contributed by atoms with Crippen LogP contribution in [0.25, 0.3) is 0 Å². The van der Waals surface area contributed by atoms with E-state index < -0.39 is 0 Å². The fourth-order valence-electron chi connectivity index (χ4n) is 1.09. The molecule has 0 saturated heterocycles. The Bertz CT molecular complexity index is 345. The Balaban J connectivity index is 2.85. The van der Waals surface area contributed by atoms with Crippen LogP contribution in [0.5, 0.6) is 0 Å². The predicted molar refractivity (Wildman–Crippen MR) is 60.1 cm³/mol. The standard InChI is InChI=1S/C10H15FN4/c1-7(12)14-10(13)15(2)9-5-3-8(11)4-6-9/h3-7H,12H2,1-2H3,(H2,13,14). The fourth-order valence-corrected chi connectivity index (χ4v) is 1.09. The van der Waals surface area contributed by atoms with Crippen LogP contribution in [0.1, 0.15) is 6.92 Å². The van der Waals surface area contributed by atoms with Gasteiger partial charge in [0.1, 0.15) is 5.82 Å². The molecule has 5 heteroatoms. The molecule has 0 aliphatic rings. The molecule has 82 valence electrons. The molecular formula is C10H15FN4. The molecule has 0 amide bonds. The van der Waals surface area contributed by atoms with Gasteiger partial charge in [0.25, 0.3) is 0 Å². The van der Waals surface area contributed by atoms with E-state index in [9.17, 15) is 4.39 Å². The molecule has 4 N–H and O–H groups in total. The maximum absolute atomic E-state index is 12.7. The first-order valence-corrected chi connectivity index (χ1v) is 4.59. The summed E-state index contributed by atoms with van der Waals surface area (Å²) in [6.07, 6.45) is -0.354. The van der Waals surface area contributed by atoms with Gasteiger partial charge in [0, 0.05) is 12.7 Å². The van der Waals surface area contributed by atoms with Crippen LogP contribution in [0.4, 0.5) is 10.1 Å². The minimum Gasteiger partial charge on any atom is -0.369 e. The monoisotopic (exact) mass is 210 g/mol. The van der Waals surface area contributed by atoms with Crippen molar-refractivity contribution in [2.45, 2.75) is 13.1 Å². The van der Waals surface area contributed by atoms with Gasteiger partial charge in [-0.2, -0.15) is 0 Å². The lowest BCUT2D eigenvalue weighted by Crippen LogP contribution is -2.36. The van der Waals surface area contributed by atoms with Gasteiger partial charge in [-0.25, -0.2) is 9.38 Å². The lowest BCUT2D eigenvalue weighted by Gasteiger charge is -2.18. The van der Waals surface area contributed by atoms with Gasteiger partial charge < -0.3 is 16.4 Å². The Hall–Kier alpha value is -1.62. The maximum Gasteiger partial charge on any atom is 0.197 e. The second-order valence-corrected chi connectivity index (χ2v) is 3.26. The van der Waals surface area contributed by atoms with E-state index >= 15 is 0 Å². The van der Waals surface area contributed by atoms with Gasteiger partial charge in [-0.3, -0.25) is 0 Å². The van der Waals surface area contributed by atoms with Crippen LogP contribution >= 0.6 is 0 Å². The summed E-state index contributed by atoms with van der Waals surface area (Å²) in [7, 11) is 1.74. The molecule has 0 fully saturated rings. The van der Waals surface area contributed by atoms with Gasteiger partial charge in [0.2, 0.25) is 0 Å². The molecule has 15 heavy (non-hydrogen) atoms. The number of nitrogens with zero attached hydrogens (tertiary/aromatic N) is 2. The molecular weight excluding hydrogens is 195 g/mol. The second-order valence-electron chi connectivity index (χ2n) is 3.26. The summed E-state index contributed by atoms with van der Waals surface area (Å²) in [5, 5.41) is 0. The minimum absolute atomic E-state index is 0.283. The number of benzene rings is 1. The quantitative estimate of drug-likeness (QED) is 0.562. The van der Waals surface area contributed by atoms with Crippen molar-refractivity contribution in [3.05, 3.63) is 30.1 Å². The molecule has 0 aromatic heterocycles. The van der Waals surface area contributed by atoms with Crippen molar-refractivity contribution in [3.8, 4) is 0 Å². The molecule has 1 aromatic carbocycles. The first kappa shape index (κ1) is 11.5. The highest BCUT2D eigenvalue weighted by atomic mass is 19.1. The number of hydrogen-bond donors (Lipinski definition) is 2. The number of nitrogens with two attached hydrogens (primary N) is 2. The predicted octanol–water partition coefficient (Wildman–Crippen LogP) is 0.881. The first-order chi connectivity index (χ1) is 7.00. The zero-order chi connectivity index (χ0) is 11.4. The van der Waals surface area contributed by atoms with Crippen LogP contribution in [-0.2, 0) is 0 Å². The van der Waals surface area contributed by atoms with E-state index in [0.29, 0.717) is 5.96 Å². The molecule has 1 aromatic rings. The number of rotatable bonds is 2. The van der Waals surface area contributed by atoms with Crippen molar-refractivity contribution in [1.29, 1.82) is 0 Å². The van der Waals surface area contributed by atoms with Crippen molar-refractivity contribution in [1.82, 2.24) is 0 Å². The average Bonchev–Trinajstić information content (AvgIpc) is 2.17. The Kier molecular flexibility index (Phi) is 3.62. The van der Waals surface area contributed by atoms with Gasteiger partial charge in [-0.15, -0.1) is 0 Å². The third-order valence-electron chi connectivity index (χ3n) is 1.89. The summed E-state index contributed by atoms with van der Waals surface area (Å²) in [5.41, 5.74) is 11.9. The zero-order valence-corrected chi connectivity index (χ0v) is 8.81. The van der Waals surface area contributed by atoms with Crippen LogP contribution in [-0.4, -0.2) is 19.2 Å². The van der Waals surface area contributed by atoms with E-state index in [4.69, 9.17) is 11.5 Å². The normalized spacial score (nSPS) is 13.7. The summed E-state index contributed by atoms with van der Waals surface area (Å²) < 4.78 is 12.7. The Morgan fingerprint density at radius 3 is 2.40 bits per heavy atom. The summed E-state index contributed by atoms with van der Waals surface area (Å²) in [6, 6.07) is 5.98. The molecule has 0 spiro atoms. The topological polar surface area (TPSA) is 67.6 Å². The first-order valence-electron chi connectivity index (χ1n) is 4.59. The van der Waals surface area contributed by atoms with E-state index in [1.54, 1.807) is 31.0 Å². The van der Waals surface area contributed by atoms with Gasteiger partial charge in [-0.1, -0.05) is 0 Å². The van der Waals surface area contributed by atoms with Gasteiger partial charge >= 0.3 is 0 Å². The third-order valence-corrected chi connectivity index (χ3v) is 1.89. The fraction of sp³-hybridized carbons (Fsp3) is 0.300. The summed E-state index contributed by atoms with van der Waals surface area (Å²) >= 11 is 0. The van der Waals surface area contributed by atoms with E-state index in [1.165, 1.54) is 12.1 Å². The molecule has 1 atom stereocenters. The van der Waals surface area contributed by atoms with Gasteiger partial charge in [0.15, 0.2) is 5.96 Å². The smallest absolute Gasteiger partial charge is 0.197 e. The average molecular weight is 210 g/mol. The molecule has 0 radical (unpaired) electrons. The minimum atomic E-state index is -0.354. The van der Waals surface area contributed by atoms with E-state index in [0.717, 1.165) is 5.69 Å². The van der Waals surface area contributed by atoms with Crippen LogP contribution in [0.3, 0.4) is 0 Å². The van der Waals surface area contributed by atoms with Crippen LogP contribution in [0, 0.1) is 5.82 Å². The highest BCUT2D eigenvalue weighted by molar-refractivity contribution is 5.94. The highest BCUT2D eigenvalue weighted by Crippen LogP contribution is 2.12. The van der Waals surface area contributed by atoms with Crippen molar-refractivity contribution >= 4 is 11.6 Å². The van der Waals surface area contributed by atoms with Crippen molar-refractivity contribution in [2.75, 3.05) is 11.9 Å². The molecule has 0 bridgehead atoms. The largest absolute Gasteiger partial charge is 0.369 e.